The molecule has 1 fully saturated rings. The van der Waals surface area contributed by atoms with Crippen LogP contribution in [0.1, 0.15) is 53.8 Å². The quantitative estimate of drug-likeness (QED) is 0.359. The van der Waals surface area contributed by atoms with Crippen LogP contribution in [0.4, 0.5) is 0 Å². The molecule has 0 aliphatic carbocycles. The monoisotopic (exact) mass is 473 g/mol. The van der Waals surface area contributed by atoms with Crippen molar-refractivity contribution in [3.05, 3.63) is 113 Å². The zero-order valence-corrected chi connectivity index (χ0v) is 19.6. The van der Waals surface area contributed by atoms with Crippen molar-refractivity contribution in [2.45, 2.75) is 32.4 Å². The van der Waals surface area contributed by atoms with E-state index in [0.29, 0.717) is 22.9 Å². The number of pyridine rings is 1. The molecule has 1 aromatic heterocycles. The molecule has 7 heteroatoms. The fourth-order valence-electron chi connectivity index (χ4n) is 4.79. The number of nitrogens with zero attached hydrogens (tertiary/aromatic N) is 3. The van der Waals surface area contributed by atoms with Gasteiger partial charge < -0.3 is 4.74 Å². The summed E-state index contributed by atoms with van der Waals surface area (Å²) < 4.78 is 5.92. The highest BCUT2D eigenvalue weighted by atomic mass is 35.5. The number of benzene rings is 2. The number of hydrogen-bond acceptors (Lipinski definition) is 5. The van der Waals surface area contributed by atoms with Crippen molar-refractivity contribution < 1.29 is 14.3 Å². The Balaban J connectivity index is 1.63. The van der Waals surface area contributed by atoms with Gasteiger partial charge in [-0.15, -0.1) is 0 Å². The highest BCUT2D eigenvalue weighted by Gasteiger charge is 2.54. The van der Waals surface area contributed by atoms with Crippen molar-refractivity contribution in [3.8, 4) is 0 Å². The van der Waals surface area contributed by atoms with E-state index in [9.17, 15) is 9.59 Å². The number of fused-ring (bicyclic) bond motifs is 1. The molecular weight excluding hydrogens is 450 g/mol. The van der Waals surface area contributed by atoms with E-state index >= 15 is 0 Å². The van der Waals surface area contributed by atoms with Crippen LogP contribution < -0.4 is 0 Å². The number of aromatic nitrogens is 1. The lowest BCUT2D eigenvalue weighted by molar-refractivity contribution is -0.144. The molecule has 0 radical (unpaired) electrons. The summed E-state index contributed by atoms with van der Waals surface area (Å²) in [6.45, 7) is 3.99. The molecule has 0 saturated carbocycles. The minimum Gasteiger partial charge on any atom is -0.425 e. The van der Waals surface area contributed by atoms with E-state index in [4.69, 9.17) is 16.3 Å². The predicted molar refractivity (Wildman–Crippen MR) is 128 cm³/mol. The lowest BCUT2D eigenvalue weighted by atomic mass is 9.77. The molecule has 0 N–H and O–H groups in total. The van der Waals surface area contributed by atoms with Crippen molar-refractivity contribution in [1.82, 2.24) is 15.0 Å². The van der Waals surface area contributed by atoms with Gasteiger partial charge in [-0.25, -0.2) is 14.8 Å². The Morgan fingerprint density at radius 3 is 2.38 bits per heavy atom. The summed E-state index contributed by atoms with van der Waals surface area (Å²) in [6.07, 6.45) is 3.58. The predicted octanol–water partition coefficient (Wildman–Crippen LogP) is 5.70. The van der Waals surface area contributed by atoms with Gasteiger partial charge >= 0.3 is 5.97 Å². The molecule has 0 unspecified atom stereocenters. The molecule has 5 rings (SSSR count). The van der Waals surface area contributed by atoms with Gasteiger partial charge in [-0.1, -0.05) is 80.0 Å². The number of carbonyl (C=O) groups excluding carboxylic acids is 2. The third kappa shape index (κ3) is 3.79. The Bertz CT molecular complexity index is 1260. The van der Waals surface area contributed by atoms with Gasteiger partial charge in [-0.2, -0.15) is 5.01 Å². The smallest absolute Gasteiger partial charge is 0.343 e. The van der Waals surface area contributed by atoms with Crippen LogP contribution in [0.3, 0.4) is 0 Å². The van der Waals surface area contributed by atoms with Gasteiger partial charge in [0.15, 0.2) is 0 Å². The van der Waals surface area contributed by atoms with Crippen LogP contribution in [-0.4, -0.2) is 26.9 Å². The summed E-state index contributed by atoms with van der Waals surface area (Å²) in [6, 6.07) is 21.9. The average Bonchev–Trinajstić information content (AvgIpc) is 3.16. The van der Waals surface area contributed by atoms with E-state index in [1.165, 1.54) is 0 Å². The molecule has 3 heterocycles. The zero-order chi connectivity index (χ0) is 23.9. The second kappa shape index (κ2) is 8.70. The molecule has 34 heavy (non-hydrogen) atoms. The van der Waals surface area contributed by atoms with E-state index < -0.39 is 17.4 Å². The van der Waals surface area contributed by atoms with Gasteiger partial charge in [0.2, 0.25) is 5.91 Å². The molecule has 0 bridgehead atoms. The van der Waals surface area contributed by atoms with Crippen molar-refractivity contribution in [1.29, 1.82) is 0 Å². The minimum atomic E-state index is -0.717. The van der Waals surface area contributed by atoms with E-state index in [0.717, 1.165) is 11.1 Å². The molecular formula is C27H24ClN3O3. The standard InChI is InChI=1S/C27H24ClN3O3/c1-27(2)22(34-26(33)19-12-7-4-8-13-19)17-30-23(32)16-21(18-10-5-3-6-11-18)31(30)24(27)20-14-9-15-29-25(20)28/h3-15,17,21,24H,16H2,1-2H3/t21-,24-/m1/s1. The van der Waals surface area contributed by atoms with Crippen LogP contribution in [0.5, 0.6) is 0 Å². The molecule has 1 saturated heterocycles. The van der Waals surface area contributed by atoms with E-state index in [1.807, 2.05) is 67.4 Å². The third-order valence-corrected chi connectivity index (χ3v) is 6.81. The van der Waals surface area contributed by atoms with Crippen LogP contribution in [-0.2, 0) is 9.53 Å². The lowest BCUT2D eigenvalue weighted by Gasteiger charge is -2.49. The third-order valence-electron chi connectivity index (χ3n) is 6.49. The molecule has 1 amide bonds. The molecule has 2 atom stereocenters. The first kappa shape index (κ1) is 22.3. The maximum atomic E-state index is 13.2. The number of halogens is 1. The largest absolute Gasteiger partial charge is 0.425 e. The zero-order valence-electron chi connectivity index (χ0n) is 18.9. The summed E-state index contributed by atoms with van der Waals surface area (Å²) >= 11 is 6.59. The number of amides is 1. The van der Waals surface area contributed by atoms with E-state index in [-0.39, 0.29) is 11.9 Å². The van der Waals surface area contributed by atoms with Gasteiger partial charge in [0.1, 0.15) is 10.9 Å². The second-order valence-electron chi connectivity index (χ2n) is 9.01. The normalized spacial score (nSPS) is 21.7. The Labute approximate surface area is 203 Å². The number of carbonyl (C=O) groups is 2. The summed E-state index contributed by atoms with van der Waals surface area (Å²) in [5.74, 6) is -0.164. The highest BCUT2D eigenvalue weighted by molar-refractivity contribution is 6.30. The Morgan fingerprint density at radius 1 is 1.03 bits per heavy atom. The first-order valence-electron chi connectivity index (χ1n) is 11.1. The Morgan fingerprint density at radius 2 is 1.71 bits per heavy atom. The minimum absolute atomic E-state index is 0.0809. The van der Waals surface area contributed by atoms with Gasteiger partial charge in [-0.05, 0) is 23.8 Å². The molecule has 2 aromatic carbocycles. The summed E-state index contributed by atoms with van der Waals surface area (Å²) in [7, 11) is 0. The van der Waals surface area contributed by atoms with Crippen molar-refractivity contribution in [2.24, 2.45) is 5.41 Å². The molecule has 172 valence electrons. The van der Waals surface area contributed by atoms with Crippen LogP contribution in [0.2, 0.25) is 5.15 Å². The van der Waals surface area contributed by atoms with Gasteiger partial charge in [0, 0.05) is 17.2 Å². The average molecular weight is 474 g/mol. The molecule has 2 aliphatic heterocycles. The van der Waals surface area contributed by atoms with Gasteiger partial charge in [0.25, 0.3) is 0 Å². The number of esters is 1. The van der Waals surface area contributed by atoms with Crippen LogP contribution in [0.15, 0.2) is 91.0 Å². The topological polar surface area (TPSA) is 62.7 Å². The number of ether oxygens (including phenoxy) is 1. The van der Waals surface area contributed by atoms with Crippen molar-refractivity contribution >= 4 is 23.5 Å². The number of hydrazine groups is 1. The molecule has 0 spiro atoms. The lowest BCUT2D eigenvalue weighted by Crippen LogP contribution is -2.50. The summed E-state index contributed by atoms with van der Waals surface area (Å²) in [5.41, 5.74) is 1.51. The summed E-state index contributed by atoms with van der Waals surface area (Å²) in [5, 5.41) is 3.97. The second-order valence-corrected chi connectivity index (χ2v) is 9.36. The number of hydrogen-bond donors (Lipinski definition) is 0. The van der Waals surface area contributed by atoms with Gasteiger partial charge in [-0.3, -0.25) is 4.79 Å². The fraction of sp³-hybridized carbons (Fsp3) is 0.222. The fourth-order valence-corrected chi connectivity index (χ4v) is 5.01. The Kier molecular flexibility index (Phi) is 5.71. The number of rotatable bonds is 4. The van der Waals surface area contributed by atoms with Crippen LogP contribution in [0.25, 0.3) is 0 Å². The SMILES string of the molecule is CC1(C)C(OC(=O)c2ccccc2)=CN2C(=O)C[C@H](c3ccccc3)N2[C@@H]1c1cccnc1Cl. The van der Waals surface area contributed by atoms with Crippen molar-refractivity contribution in [2.75, 3.05) is 0 Å². The van der Waals surface area contributed by atoms with E-state index in [2.05, 4.69) is 4.98 Å². The van der Waals surface area contributed by atoms with Crippen LogP contribution >= 0.6 is 11.6 Å². The first-order chi connectivity index (χ1) is 16.4. The van der Waals surface area contributed by atoms with Crippen molar-refractivity contribution in [3.63, 3.8) is 0 Å². The molecule has 6 nitrogen and oxygen atoms in total. The molecule has 2 aliphatic rings. The van der Waals surface area contributed by atoms with E-state index in [1.54, 1.807) is 41.7 Å². The highest BCUT2D eigenvalue weighted by Crippen LogP contribution is 2.55. The first-order valence-corrected chi connectivity index (χ1v) is 11.5. The Hall–Kier alpha value is -3.48. The summed E-state index contributed by atoms with van der Waals surface area (Å²) in [4.78, 5) is 30.5. The van der Waals surface area contributed by atoms with Crippen LogP contribution in [0, 0.1) is 5.41 Å². The molecule has 3 aromatic rings. The maximum Gasteiger partial charge on any atom is 0.343 e. The maximum absolute atomic E-state index is 13.2. The van der Waals surface area contributed by atoms with Gasteiger partial charge in [0.05, 0.1) is 30.3 Å².